The highest BCUT2D eigenvalue weighted by atomic mass is 16.5. The van der Waals surface area contributed by atoms with E-state index in [9.17, 15) is 20.1 Å². The number of ether oxygens (including phenoxy) is 2. The van der Waals surface area contributed by atoms with Gasteiger partial charge in [-0.25, -0.2) is 0 Å². The number of phenols is 3. The molecule has 0 amide bonds. The summed E-state index contributed by atoms with van der Waals surface area (Å²) in [4.78, 5) is 12.7. The van der Waals surface area contributed by atoms with Crippen molar-refractivity contribution in [2.75, 3.05) is 7.11 Å². The van der Waals surface area contributed by atoms with Crippen molar-refractivity contribution < 1.29 is 29.6 Å². The standard InChI is InChI=1S/C21H22O6/c1-11(2)4-6-14-18(26-3)9-16(24)20-17(25)10-19(27-21(14)20)13-7-5-12(22)8-15(13)23/h4-5,7-9,19,22-24H,6,10H2,1-3H3/t19-/m0/s1. The highest BCUT2D eigenvalue weighted by Gasteiger charge is 2.34. The lowest BCUT2D eigenvalue weighted by Gasteiger charge is -2.29. The number of aromatic hydroxyl groups is 3. The zero-order valence-corrected chi connectivity index (χ0v) is 15.4. The molecule has 3 rings (SSSR count). The van der Waals surface area contributed by atoms with Crippen LogP contribution in [-0.4, -0.2) is 28.2 Å². The molecule has 1 aliphatic rings. The summed E-state index contributed by atoms with van der Waals surface area (Å²) in [5, 5.41) is 29.9. The third-order valence-corrected chi connectivity index (χ3v) is 4.53. The van der Waals surface area contributed by atoms with E-state index in [-0.39, 0.29) is 40.8 Å². The van der Waals surface area contributed by atoms with Crippen LogP contribution in [0.4, 0.5) is 0 Å². The Morgan fingerprint density at radius 2 is 1.96 bits per heavy atom. The number of phenolic OH excluding ortho intramolecular Hbond substituents is 3. The van der Waals surface area contributed by atoms with Crippen LogP contribution in [0.25, 0.3) is 0 Å². The van der Waals surface area contributed by atoms with E-state index in [0.29, 0.717) is 23.3 Å². The predicted molar refractivity (Wildman–Crippen MR) is 99.9 cm³/mol. The molecule has 0 aliphatic carbocycles. The summed E-state index contributed by atoms with van der Waals surface area (Å²) in [5.74, 6) is -0.0322. The average molecular weight is 370 g/mol. The quantitative estimate of drug-likeness (QED) is 0.703. The van der Waals surface area contributed by atoms with E-state index in [2.05, 4.69) is 0 Å². The number of carbonyl (C=O) groups is 1. The summed E-state index contributed by atoms with van der Waals surface area (Å²) in [5.41, 5.74) is 2.27. The number of benzene rings is 2. The largest absolute Gasteiger partial charge is 0.508 e. The van der Waals surface area contributed by atoms with Crippen molar-refractivity contribution in [3.63, 3.8) is 0 Å². The first-order valence-electron chi connectivity index (χ1n) is 8.59. The van der Waals surface area contributed by atoms with Gasteiger partial charge in [-0.15, -0.1) is 0 Å². The number of rotatable bonds is 4. The second kappa shape index (κ2) is 7.23. The monoisotopic (exact) mass is 370 g/mol. The maximum Gasteiger partial charge on any atom is 0.174 e. The van der Waals surface area contributed by atoms with Gasteiger partial charge in [0, 0.05) is 23.3 Å². The molecule has 27 heavy (non-hydrogen) atoms. The Labute approximate surface area is 157 Å². The lowest BCUT2D eigenvalue weighted by atomic mass is 9.92. The smallest absolute Gasteiger partial charge is 0.174 e. The van der Waals surface area contributed by atoms with Crippen molar-refractivity contribution in [1.29, 1.82) is 0 Å². The Hall–Kier alpha value is -3.15. The highest BCUT2D eigenvalue weighted by molar-refractivity contribution is 6.03. The van der Waals surface area contributed by atoms with Gasteiger partial charge in [-0.05, 0) is 32.4 Å². The molecule has 6 nitrogen and oxygen atoms in total. The number of hydrogen-bond donors (Lipinski definition) is 3. The van der Waals surface area contributed by atoms with Crippen molar-refractivity contribution >= 4 is 5.78 Å². The first kappa shape index (κ1) is 18.6. The second-order valence-electron chi connectivity index (χ2n) is 6.74. The number of carbonyl (C=O) groups excluding carboxylic acids is 1. The minimum Gasteiger partial charge on any atom is -0.508 e. The van der Waals surface area contributed by atoms with Crippen LogP contribution in [0.15, 0.2) is 35.9 Å². The van der Waals surface area contributed by atoms with Crippen LogP contribution in [0.2, 0.25) is 0 Å². The van der Waals surface area contributed by atoms with Gasteiger partial charge in [-0.2, -0.15) is 0 Å². The van der Waals surface area contributed by atoms with Crippen LogP contribution in [0.5, 0.6) is 28.7 Å². The number of allylic oxidation sites excluding steroid dienone is 2. The maximum absolute atomic E-state index is 12.7. The average Bonchev–Trinajstić information content (AvgIpc) is 2.59. The molecule has 2 aromatic carbocycles. The van der Waals surface area contributed by atoms with Crippen LogP contribution in [0.3, 0.4) is 0 Å². The van der Waals surface area contributed by atoms with Crippen LogP contribution >= 0.6 is 0 Å². The minimum atomic E-state index is -0.734. The Morgan fingerprint density at radius 1 is 1.22 bits per heavy atom. The van der Waals surface area contributed by atoms with Crippen molar-refractivity contribution in [2.45, 2.75) is 32.8 Å². The molecule has 1 heterocycles. The highest BCUT2D eigenvalue weighted by Crippen LogP contribution is 2.47. The third-order valence-electron chi connectivity index (χ3n) is 4.53. The number of methoxy groups -OCH3 is 1. The third kappa shape index (κ3) is 3.56. The number of hydrogen-bond acceptors (Lipinski definition) is 6. The number of fused-ring (bicyclic) bond motifs is 1. The Balaban J connectivity index is 2.12. The van der Waals surface area contributed by atoms with Gasteiger partial charge >= 0.3 is 0 Å². The number of ketones is 1. The van der Waals surface area contributed by atoms with Crippen molar-refractivity contribution in [1.82, 2.24) is 0 Å². The molecule has 3 N–H and O–H groups in total. The van der Waals surface area contributed by atoms with E-state index < -0.39 is 6.10 Å². The molecule has 0 fully saturated rings. The fourth-order valence-electron chi connectivity index (χ4n) is 3.18. The van der Waals surface area contributed by atoms with Gasteiger partial charge in [-0.3, -0.25) is 4.79 Å². The van der Waals surface area contributed by atoms with Crippen molar-refractivity contribution in [3.8, 4) is 28.7 Å². The van der Waals surface area contributed by atoms with Crippen molar-refractivity contribution in [2.24, 2.45) is 0 Å². The molecule has 6 heteroatoms. The molecule has 0 aromatic heterocycles. The zero-order chi connectivity index (χ0) is 19.7. The van der Waals surface area contributed by atoms with Gasteiger partial charge in [0.15, 0.2) is 5.78 Å². The molecule has 0 bridgehead atoms. The van der Waals surface area contributed by atoms with Gasteiger partial charge in [0.2, 0.25) is 0 Å². The summed E-state index contributed by atoms with van der Waals surface area (Å²) < 4.78 is 11.4. The van der Waals surface area contributed by atoms with E-state index in [4.69, 9.17) is 9.47 Å². The Bertz CT molecular complexity index is 925. The molecule has 0 unspecified atom stereocenters. The molecule has 0 spiro atoms. The van der Waals surface area contributed by atoms with Crippen LogP contribution in [0.1, 0.15) is 47.9 Å². The summed E-state index contributed by atoms with van der Waals surface area (Å²) >= 11 is 0. The molecule has 0 saturated heterocycles. The Morgan fingerprint density at radius 3 is 2.59 bits per heavy atom. The van der Waals surface area contributed by atoms with Gasteiger partial charge in [0.05, 0.1) is 13.5 Å². The SMILES string of the molecule is COc1cc(O)c2c(c1CC=C(C)C)O[C@H](c1ccc(O)cc1O)CC2=O. The molecule has 142 valence electrons. The summed E-state index contributed by atoms with van der Waals surface area (Å²) in [6.45, 7) is 3.92. The predicted octanol–water partition coefficient (Wildman–Crippen LogP) is 4.03. The number of Topliss-reactive ketones (excluding diaryl/α,β-unsaturated/α-hetero) is 1. The minimum absolute atomic E-state index is 0.0344. The molecule has 0 radical (unpaired) electrons. The molecule has 2 aromatic rings. The van der Waals surface area contributed by atoms with E-state index in [0.717, 1.165) is 5.57 Å². The first-order chi connectivity index (χ1) is 12.8. The topological polar surface area (TPSA) is 96.2 Å². The van der Waals surface area contributed by atoms with Crippen LogP contribution < -0.4 is 9.47 Å². The summed E-state index contributed by atoms with van der Waals surface area (Å²) in [6, 6.07) is 5.56. The van der Waals surface area contributed by atoms with Gasteiger partial charge in [0.1, 0.15) is 40.4 Å². The Kier molecular flexibility index (Phi) is 4.99. The zero-order valence-electron chi connectivity index (χ0n) is 15.4. The van der Waals surface area contributed by atoms with Gasteiger partial charge < -0.3 is 24.8 Å². The van der Waals surface area contributed by atoms with E-state index in [1.54, 1.807) is 0 Å². The molecule has 1 atom stereocenters. The summed E-state index contributed by atoms with van der Waals surface area (Å²) in [7, 11) is 1.49. The van der Waals surface area contributed by atoms with Gasteiger partial charge in [-0.1, -0.05) is 11.6 Å². The fourth-order valence-corrected chi connectivity index (χ4v) is 3.18. The fraction of sp³-hybridized carbons (Fsp3) is 0.286. The van der Waals surface area contributed by atoms with Crippen molar-refractivity contribution in [3.05, 3.63) is 52.6 Å². The second-order valence-corrected chi connectivity index (χ2v) is 6.74. The van der Waals surface area contributed by atoms with Crippen LogP contribution in [0, 0.1) is 0 Å². The lowest BCUT2D eigenvalue weighted by molar-refractivity contribution is 0.0839. The lowest BCUT2D eigenvalue weighted by Crippen LogP contribution is -2.22. The molecule has 1 aliphatic heterocycles. The van der Waals surface area contributed by atoms with E-state index in [1.807, 2.05) is 19.9 Å². The maximum atomic E-state index is 12.7. The molecular formula is C21H22O6. The van der Waals surface area contributed by atoms with E-state index in [1.165, 1.54) is 31.4 Å². The first-order valence-corrected chi connectivity index (χ1v) is 8.59. The van der Waals surface area contributed by atoms with E-state index >= 15 is 0 Å². The normalized spacial score (nSPS) is 15.7. The summed E-state index contributed by atoms with van der Waals surface area (Å²) in [6.07, 6.45) is 1.68. The molecule has 0 saturated carbocycles. The molecular weight excluding hydrogens is 348 g/mol. The van der Waals surface area contributed by atoms with Crippen LogP contribution in [-0.2, 0) is 6.42 Å². The van der Waals surface area contributed by atoms with Gasteiger partial charge in [0.25, 0.3) is 0 Å².